The highest BCUT2D eigenvalue weighted by atomic mass is 79.9. The molecule has 1 aromatic carbocycles. The summed E-state index contributed by atoms with van der Waals surface area (Å²) in [5.41, 5.74) is 2.48. The van der Waals surface area contributed by atoms with E-state index < -0.39 is 0 Å². The first-order chi connectivity index (χ1) is 9.11. The van der Waals surface area contributed by atoms with Crippen LogP contribution in [-0.4, -0.2) is 30.3 Å². The Morgan fingerprint density at radius 1 is 1.47 bits per heavy atom. The average molecular weight is 327 g/mol. The first-order valence-electron chi connectivity index (χ1n) is 7.01. The van der Waals surface area contributed by atoms with E-state index in [9.17, 15) is 5.11 Å². The molecule has 1 aromatic rings. The molecule has 1 heterocycles. The lowest BCUT2D eigenvalue weighted by Gasteiger charge is -2.26. The van der Waals surface area contributed by atoms with Crippen molar-refractivity contribution in [3.05, 3.63) is 28.2 Å². The molecule has 106 valence electrons. The summed E-state index contributed by atoms with van der Waals surface area (Å²) >= 11 is 3.67. The summed E-state index contributed by atoms with van der Waals surface area (Å²) in [6, 6.07) is 7.28. The van der Waals surface area contributed by atoms with E-state index in [1.54, 1.807) is 0 Å². The van der Waals surface area contributed by atoms with Gasteiger partial charge >= 0.3 is 0 Å². The molecule has 1 aliphatic heterocycles. The molecule has 4 heteroatoms. The minimum Gasteiger partial charge on any atom is -0.394 e. The maximum absolute atomic E-state index is 9.42. The lowest BCUT2D eigenvalue weighted by atomic mass is 10.1. The second-order valence-corrected chi connectivity index (χ2v) is 6.35. The van der Waals surface area contributed by atoms with Crippen LogP contribution in [0.25, 0.3) is 0 Å². The summed E-state index contributed by atoms with van der Waals surface area (Å²) in [5, 5.41) is 12.8. The Bertz CT molecular complexity index is 423. The molecule has 0 saturated carbocycles. The van der Waals surface area contributed by atoms with Gasteiger partial charge in [0, 0.05) is 23.6 Å². The van der Waals surface area contributed by atoms with E-state index in [0.29, 0.717) is 6.04 Å². The third-order valence-electron chi connectivity index (χ3n) is 3.62. The molecule has 0 bridgehead atoms. The summed E-state index contributed by atoms with van der Waals surface area (Å²) < 4.78 is 1.12. The van der Waals surface area contributed by atoms with Gasteiger partial charge in [0.25, 0.3) is 0 Å². The van der Waals surface area contributed by atoms with Crippen LogP contribution in [0.2, 0.25) is 0 Å². The molecule has 2 N–H and O–H groups in total. The van der Waals surface area contributed by atoms with E-state index in [-0.39, 0.29) is 12.6 Å². The van der Waals surface area contributed by atoms with Gasteiger partial charge in [-0.15, -0.1) is 0 Å². The van der Waals surface area contributed by atoms with Crippen LogP contribution < -0.4 is 10.2 Å². The smallest absolute Gasteiger partial charge is 0.0635 e. The highest BCUT2D eigenvalue weighted by Gasteiger charge is 2.25. The molecule has 0 aliphatic carbocycles. The van der Waals surface area contributed by atoms with Crippen LogP contribution in [0.4, 0.5) is 5.69 Å². The fourth-order valence-electron chi connectivity index (χ4n) is 2.56. The Morgan fingerprint density at radius 2 is 2.26 bits per heavy atom. The van der Waals surface area contributed by atoms with Crippen molar-refractivity contribution in [3.63, 3.8) is 0 Å². The van der Waals surface area contributed by atoms with Crippen LogP contribution in [0.15, 0.2) is 22.7 Å². The van der Waals surface area contributed by atoms with Crippen LogP contribution in [-0.2, 0) is 6.54 Å². The second-order valence-electron chi connectivity index (χ2n) is 5.49. The molecule has 0 radical (unpaired) electrons. The SMILES string of the molecule is CC(C)NCc1ccc(N2CCCC2CO)c(Br)c1. The molecule has 1 fully saturated rings. The molecule has 1 unspecified atom stereocenters. The van der Waals surface area contributed by atoms with Crippen LogP contribution in [0.5, 0.6) is 0 Å². The Morgan fingerprint density at radius 3 is 2.89 bits per heavy atom. The topological polar surface area (TPSA) is 35.5 Å². The minimum absolute atomic E-state index is 0.239. The Labute approximate surface area is 124 Å². The average Bonchev–Trinajstić information content (AvgIpc) is 2.84. The van der Waals surface area contributed by atoms with Crippen molar-refractivity contribution in [1.29, 1.82) is 0 Å². The quantitative estimate of drug-likeness (QED) is 0.873. The number of nitrogens with zero attached hydrogens (tertiary/aromatic N) is 1. The number of aliphatic hydroxyl groups excluding tert-OH is 1. The lowest BCUT2D eigenvalue weighted by molar-refractivity contribution is 0.266. The van der Waals surface area contributed by atoms with E-state index >= 15 is 0 Å². The predicted octanol–water partition coefficient (Wildman–Crippen LogP) is 2.91. The molecule has 1 aliphatic rings. The lowest BCUT2D eigenvalue weighted by Crippen LogP contribution is -2.32. The molecule has 1 atom stereocenters. The minimum atomic E-state index is 0.239. The van der Waals surface area contributed by atoms with E-state index in [2.05, 4.69) is 58.2 Å². The zero-order chi connectivity index (χ0) is 13.8. The van der Waals surface area contributed by atoms with Crippen molar-refractivity contribution in [2.24, 2.45) is 0 Å². The maximum Gasteiger partial charge on any atom is 0.0635 e. The summed E-state index contributed by atoms with van der Waals surface area (Å²) in [4.78, 5) is 2.31. The highest BCUT2D eigenvalue weighted by Crippen LogP contribution is 2.32. The molecule has 0 aromatic heterocycles. The van der Waals surface area contributed by atoms with E-state index in [0.717, 1.165) is 30.4 Å². The number of anilines is 1. The maximum atomic E-state index is 9.42. The van der Waals surface area contributed by atoms with Gasteiger partial charge in [-0.1, -0.05) is 19.9 Å². The third-order valence-corrected chi connectivity index (χ3v) is 4.26. The van der Waals surface area contributed by atoms with E-state index in [4.69, 9.17) is 0 Å². The standard InChI is InChI=1S/C15H23BrN2O/c1-11(2)17-9-12-5-6-15(14(16)8-12)18-7-3-4-13(18)10-19/h5-6,8,11,13,17,19H,3-4,7,9-10H2,1-2H3. The van der Waals surface area contributed by atoms with Crippen molar-refractivity contribution >= 4 is 21.6 Å². The zero-order valence-corrected chi connectivity index (χ0v) is 13.3. The number of aliphatic hydroxyl groups is 1. The van der Waals surface area contributed by atoms with Crippen molar-refractivity contribution in [1.82, 2.24) is 5.32 Å². The number of nitrogens with one attached hydrogen (secondary N) is 1. The fraction of sp³-hybridized carbons (Fsp3) is 0.600. The number of hydrogen-bond donors (Lipinski definition) is 2. The fourth-order valence-corrected chi connectivity index (χ4v) is 3.21. The van der Waals surface area contributed by atoms with Gasteiger partial charge in [0.1, 0.15) is 0 Å². The van der Waals surface area contributed by atoms with Crippen LogP contribution >= 0.6 is 15.9 Å². The first kappa shape index (κ1) is 14.8. The van der Waals surface area contributed by atoms with Gasteiger partial charge in [-0.2, -0.15) is 0 Å². The van der Waals surface area contributed by atoms with Gasteiger partial charge in [-0.05, 0) is 46.5 Å². The molecule has 19 heavy (non-hydrogen) atoms. The number of rotatable bonds is 5. The predicted molar refractivity (Wildman–Crippen MR) is 83.6 cm³/mol. The van der Waals surface area contributed by atoms with E-state index in [1.807, 2.05) is 0 Å². The molecular weight excluding hydrogens is 304 g/mol. The van der Waals surface area contributed by atoms with Gasteiger partial charge in [0.15, 0.2) is 0 Å². The summed E-state index contributed by atoms with van der Waals surface area (Å²) in [6.07, 6.45) is 2.24. The van der Waals surface area contributed by atoms with Crippen LogP contribution in [0, 0.1) is 0 Å². The number of hydrogen-bond acceptors (Lipinski definition) is 3. The monoisotopic (exact) mass is 326 g/mol. The molecular formula is C15H23BrN2O. The van der Waals surface area contributed by atoms with Gasteiger partial charge in [-0.3, -0.25) is 0 Å². The van der Waals surface area contributed by atoms with Crippen molar-refractivity contribution in [2.75, 3.05) is 18.1 Å². The Hall–Kier alpha value is -0.580. The second kappa shape index (κ2) is 6.73. The summed E-state index contributed by atoms with van der Waals surface area (Å²) in [5.74, 6) is 0. The van der Waals surface area contributed by atoms with Crippen molar-refractivity contribution in [3.8, 4) is 0 Å². The van der Waals surface area contributed by atoms with Gasteiger partial charge < -0.3 is 15.3 Å². The van der Waals surface area contributed by atoms with Crippen LogP contribution in [0.1, 0.15) is 32.3 Å². The zero-order valence-electron chi connectivity index (χ0n) is 11.7. The largest absolute Gasteiger partial charge is 0.394 e. The normalized spacial score (nSPS) is 19.4. The molecule has 2 rings (SSSR count). The summed E-state index contributed by atoms with van der Waals surface area (Å²) in [6.45, 7) is 6.47. The summed E-state index contributed by atoms with van der Waals surface area (Å²) in [7, 11) is 0. The van der Waals surface area contributed by atoms with Crippen molar-refractivity contribution < 1.29 is 5.11 Å². The van der Waals surface area contributed by atoms with E-state index in [1.165, 1.54) is 11.3 Å². The van der Waals surface area contributed by atoms with Gasteiger partial charge in [0.2, 0.25) is 0 Å². The Kier molecular flexibility index (Phi) is 5.25. The van der Waals surface area contributed by atoms with Crippen molar-refractivity contribution in [2.45, 2.75) is 45.3 Å². The third kappa shape index (κ3) is 3.71. The van der Waals surface area contributed by atoms with Gasteiger partial charge in [0.05, 0.1) is 18.3 Å². The molecule has 0 spiro atoms. The number of halogens is 1. The first-order valence-corrected chi connectivity index (χ1v) is 7.80. The Balaban J connectivity index is 2.10. The number of benzene rings is 1. The molecule has 3 nitrogen and oxygen atoms in total. The molecule has 1 saturated heterocycles. The highest BCUT2D eigenvalue weighted by molar-refractivity contribution is 9.10. The van der Waals surface area contributed by atoms with Gasteiger partial charge in [-0.25, -0.2) is 0 Å². The van der Waals surface area contributed by atoms with Crippen LogP contribution in [0.3, 0.4) is 0 Å². The molecule has 0 amide bonds.